The van der Waals surface area contributed by atoms with Gasteiger partial charge in [0.25, 0.3) is 11.5 Å². The molecule has 0 unspecified atom stereocenters. The number of benzene rings is 2. The van der Waals surface area contributed by atoms with Crippen molar-refractivity contribution in [2.24, 2.45) is 5.10 Å². The first-order valence-corrected chi connectivity index (χ1v) is 19.2. The molecule has 1 amide bonds. The standard InChI is InChI=1S/C27H22N4O18S4.4K/c1-48-26(34)22-16(24(32)30(28-22)18-12-14(50(36,37)38)8-10-20(18)52(42,43)44)6-4-3-5-7-17-23(27(35)49-2)29-31(25(17)33)19-13-15(51(39,40)41)9-11-21(19)53(45,46)47;;;;/h3-13,28H,1-2H3,(H,36,37,38)(H,39,40,41)(H,42,43,44)(H,45,46,47);;;;/q;4*+1/p-4. The Kier molecular flexibility index (Phi) is 23.4. The molecule has 57 heavy (non-hydrogen) atoms. The van der Waals surface area contributed by atoms with Gasteiger partial charge < -0.3 is 27.7 Å². The van der Waals surface area contributed by atoms with Crippen molar-refractivity contribution in [3.63, 3.8) is 0 Å². The Labute approximate surface area is 493 Å². The van der Waals surface area contributed by atoms with Crippen LogP contribution < -0.4 is 216 Å². The van der Waals surface area contributed by atoms with Crippen LogP contribution in [0.2, 0.25) is 0 Å². The molecule has 1 aromatic heterocycles. The predicted molar refractivity (Wildman–Crippen MR) is 169 cm³/mol. The van der Waals surface area contributed by atoms with E-state index in [2.05, 4.69) is 19.7 Å². The van der Waals surface area contributed by atoms with E-state index >= 15 is 0 Å². The van der Waals surface area contributed by atoms with E-state index in [4.69, 9.17) is 0 Å². The Morgan fingerprint density at radius 1 is 0.684 bits per heavy atom. The van der Waals surface area contributed by atoms with Gasteiger partial charge in [-0.1, -0.05) is 18.2 Å². The number of hydrazone groups is 1. The minimum absolute atomic E-state index is 0. The summed E-state index contributed by atoms with van der Waals surface area (Å²) in [7, 11) is -19.6. The number of esters is 2. The molecule has 1 aliphatic rings. The van der Waals surface area contributed by atoms with Crippen LogP contribution in [0.3, 0.4) is 0 Å². The van der Waals surface area contributed by atoms with E-state index in [9.17, 15) is 71.1 Å². The van der Waals surface area contributed by atoms with Gasteiger partial charge in [0, 0.05) is 0 Å². The van der Waals surface area contributed by atoms with Crippen LogP contribution in [-0.4, -0.2) is 99.4 Å². The van der Waals surface area contributed by atoms with E-state index in [1.54, 1.807) is 0 Å². The van der Waals surface area contributed by atoms with Crippen molar-refractivity contribution in [1.29, 1.82) is 0 Å². The van der Waals surface area contributed by atoms with E-state index in [1.807, 2.05) is 0 Å². The molecule has 2 aromatic carbocycles. The molecule has 282 valence electrons. The number of allylic oxidation sites excluding steroid dienone is 4. The molecule has 1 aliphatic heterocycles. The summed E-state index contributed by atoms with van der Waals surface area (Å²) in [5.41, 5.74) is -5.89. The number of ether oxygens (including phenoxy) is 2. The zero-order valence-corrected chi connectivity index (χ0v) is 45.9. The summed E-state index contributed by atoms with van der Waals surface area (Å²) in [4.78, 5) is 47.1. The van der Waals surface area contributed by atoms with Crippen LogP contribution in [0.15, 0.2) is 95.8 Å². The van der Waals surface area contributed by atoms with Crippen LogP contribution >= 0.6 is 0 Å². The number of hydrogen-bond donors (Lipinski definition) is 1. The number of methoxy groups -OCH3 is 2. The average Bonchev–Trinajstić information content (AvgIpc) is 3.57. The van der Waals surface area contributed by atoms with Gasteiger partial charge in [-0.05, 0) is 48.6 Å². The topological polar surface area (TPSA) is 352 Å². The van der Waals surface area contributed by atoms with Crippen molar-refractivity contribution in [3.05, 3.63) is 87.9 Å². The monoisotopic (exact) mass is 970 g/mol. The van der Waals surface area contributed by atoms with Crippen LogP contribution in [0.25, 0.3) is 11.8 Å². The van der Waals surface area contributed by atoms with Crippen molar-refractivity contribution in [2.75, 3.05) is 19.2 Å². The summed E-state index contributed by atoms with van der Waals surface area (Å²) < 4.78 is 150. The molecule has 0 spiro atoms. The normalized spacial score (nSPS) is 14.0. The van der Waals surface area contributed by atoms with Crippen molar-refractivity contribution < 1.29 is 281 Å². The number of aromatic amines is 1. The fraction of sp³-hybridized carbons (Fsp3) is 0.0741. The summed E-state index contributed by atoms with van der Waals surface area (Å²) in [5.74, 6) is -3.83. The molecule has 0 radical (unpaired) electrons. The summed E-state index contributed by atoms with van der Waals surface area (Å²) in [6.45, 7) is 0. The molecule has 30 heteroatoms. The van der Waals surface area contributed by atoms with Crippen LogP contribution in [-0.2, 0) is 59.5 Å². The number of amides is 1. The largest absolute Gasteiger partial charge is 1.00 e. The molecule has 0 saturated carbocycles. The SMILES string of the molecule is COC(=O)C1=NN(c2cc(S(=O)(=O)[O-])ccc2S(=O)(=O)[O-])C(=O)C1=CC=CC=Cc1c(C(=O)OC)[nH]n(-c2cc(S(=O)(=O)[O-])ccc2S(=O)(=O)[O-])c1=O.[K+].[K+].[K+].[K+]. The summed E-state index contributed by atoms with van der Waals surface area (Å²) in [6, 6.07) is 2.68. The van der Waals surface area contributed by atoms with E-state index in [0.717, 1.165) is 44.6 Å². The molecule has 1 N–H and O–H groups in total. The summed E-state index contributed by atoms with van der Waals surface area (Å²) in [6.07, 6.45) is 4.90. The van der Waals surface area contributed by atoms with Crippen LogP contribution in [0.4, 0.5) is 5.69 Å². The average molecular weight is 971 g/mol. The van der Waals surface area contributed by atoms with Crippen molar-refractivity contribution in [3.8, 4) is 5.69 Å². The van der Waals surface area contributed by atoms with E-state index in [1.165, 1.54) is 0 Å². The van der Waals surface area contributed by atoms with Gasteiger partial charge in [0.2, 0.25) is 0 Å². The molecule has 22 nitrogen and oxygen atoms in total. The molecule has 0 fully saturated rings. The third kappa shape index (κ3) is 14.0. The quantitative estimate of drug-likeness (QED) is 0.0613. The van der Waals surface area contributed by atoms with Crippen LogP contribution in [0.5, 0.6) is 0 Å². The fourth-order valence-electron chi connectivity index (χ4n) is 4.44. The van der Waals surface area contributed by atoms with Gasteiger partial charge in [0.15, 0.2) is 11.4 Å². The van der Waals surface area contributed by atoms with E-state index in [-0.39, 0.29) is 215 Å². The number of anilines is 1. The predicted octanol–water partition coefficient (Wildman–Crippen LogP) is -13.3. The van der Waals surface area contributed by atoms with Gasteiger partial charge in [-0.2, -0.15) is 10.1 Å². The second-order valence-electron chi connectivity index (χ2n) is 9.99. The molecule has 0 saturated heterocycles. The van der Waals surface area contributed by atoms with Crippen molar-refractivity contribution in [1.82, 2.24) is 9.78 Å². The number of hydrogen-bond acceptors (Lipinski definition) is 19. The Morgan fingerprint density at radius 2 is 1.16 bits per heavy atom. The molecule has 3 aromatic rings. The molecule has 2 heterocycles. The number of rotatable bonds is 11. The Hall–Kier alpha value is 0.935. The number of H-pyrrole nitrogens is 1. The maximum absolute atomic E-state index is 13.3. The van der Waals surface area contributed by atoms with Gasteiger partial charge >= 0.3 is 217 Å². The molecule has 0 aliphatic carbocycles. The first-order valence-electron chi connectivity index (χ1n) is 13.5. The molecule has 4 rings (SSSR count). The summed E-state index contributed by atoms with van der Waals surface area (Å²) >= 11 is 0. The second-order valence-corrected chi connectivity index (χ2v) is 15.4. The summed E-state index contributed by atoms with van der Waals surface area (Å²) in [5, 5.41) is 5.99. The molecular weight excluding hydrogens is 953 g/mol. The van der Waals surface area contributed by atoms with Crippen molar-refractivity contribution in [2.45, 2.75) is 19.6 Å². The first kappa shape index (κ1) is 57.9. The Morgan fingerprint density at radius 3 is 1.61 bits per heavy atom. The van der Waals surface area contributed by atoms with Crippen LogP contribution in [0.1, 0.15) is 16.1 Å². The van der Waals surface area contributed by atoms with Gasteiger partial charge in [-0.15, -0.1) is 0 Å². The minimum atomic E-state index is -5.44. The fourth-order valence-corrected chi connectivity index (χ4v) is 6.70. The molecule has 0 bridgehead atoms. The Balaban J connectivity index is 0.00000784. The minimum Gasteiger partial charge on any atom is -0.744 e. The maximum Gasteiger partial charge on any atom is 1.00 e. The maximum atomic E-state index is 13.3. The van der Waals surface area contributed by atoms with E-state index in [0.29, 0.717) is 36.4 Å². The molecule has 0 atom stereocenters. The number of aromatic nitrogens is 2. The first-order chi connectivity index (χ1) is 24.4. The Bertz CT molecular complexity index is 2740. The van der Waals surface area contributed by atoms with Gasteiger partial charge in [0.05, 0.1) is 56.3 Å². The van der Waals surface area contributed by atoms with Gasteiger partial charge in [-0.3, -0.25) is 14.7 Å². The third-order valence-electron chi connectivity index (χ3n) is 6.77. The van der Waals surface area contributed by atoms with Crippen LogP contribution in [0, 0.1) is 0 Å². The van der Waals surface area contributed by atoms with E-state index < -0.39 is 117 Å². The number of carbonyl (C=O) groups excluding carboxylic acids is 3. The number of nitrogens with zero attached hydrogens (tertiary/aromatic N) is 3. The second kappa shape index (κ2) is 23.0. The smallest absolute Gasteiger partial charge is 0.744 e. The van der Waals surface area contributed by atoms with Gasteiger partial charge in [-0.25, -0.2) is 47.9 Å². The zero-order valence-electron chi connectivity index (χ0n) is 30.2. The third-order valence-corrected chi connectivity index (χ3v) is 10.2. The number of carbonyl (C=O) groups is 3. The molecular formula is C27H18K4N4O18S4. The van der Waals surface area contributed by atoms with Crippen molar-refractivity contribution >= 4 is 75.8 Å². The van der Waals surface area contributed by atoms with Gasteiger partial charge in [0.1, 0.15) is 40.5 Å². The zero-order chi connectivity index (χ0) is 39.8. The number of nitrogens with one attached hydrogen (secondary N) is 1.